The van der Waals surface area contributed by atoms with Crippen LogP contribution in [0.2, 0.25) is 0 Å². The number of amides is 1. The lowest BCUT2D eigenvalue weighted by atomic mass is 10.2. The summed E-state index contributed by atoms with van der Waals surface area (Å²) in [6.45, 7) is 0.527. The molecule has 1 amide bonds. The average Bonchev–Trinajstić information content (AvgIpc) is 2.96. The molecule has 0 spiro atoms. The number of carbonyl (C=O) groups is 1. The number of fused-ring (bicyclic) bond motifs is 1. The Morgan fingerprint density at radius 3 is 2.82 bits per heavy atom. The van der Waals surface area contributed by atoms with Crippen molar-refractivity contribution >= 4 is 11.7 Å². The number of carbonyl (C=O) groups excluding carboxylic acids is 1. The first-order chi connectivity index (χ1) is 8.25. The van der Waals surface area contributed by atoms with Crippen molar-refractivity contribution in [2.24, 2.45) is 0 Å². The third-order valence-electron chi connectivity index (χ3n) is 2.76. The van der Waals surface area contributed by atoms with E-state index in [1.807, 2.05) is 0 Å². The van der Waals surface area contributed by atoms with Crippen molar-refractivity contribution < 1.29 is 9.18 Å². The summed E-state index contributed by atoms with van der Waals surface area (Å²) in [7, 11) is 0. The lowest BCUT2D eigenvalue weighted by Crippen LogP contribution is -2.34. The first kappa shape index (κ1) is 9.95. The number of nitrogens with zero attached hydrogens (tertiary/aromatic N) is 4. The van der Waals surface area contributed by atoms with Crippen LogP contribution in [-0.4, -0.2) is 27.6 Å². The number of benzene rings is 1. The zero-order valence-electron chi connectivity index (χ0n) is 8.88. The van der Waals surface area contributed by atoms with Gasteiger partial charge in [-0.25, -0.2) is 9.18 Å². The quantitative estimate of drug-likeness (QED) is 0.690. The second kappa shape index (κ2) is 3.65. The van der Waals surface area contributed by atoms with Gasteiger partial charge in [-0.3, -0.25) is 4.90 Å². The van der Waals surface area contributed by atoms with Gasteiger partial charge in [0.2, 0.25) is 0 Å². The van der Waals surface area contributed by atoms with Crippen molar-refractivity contribution in [3.8, 4) is 0 Å². The van der Waals surface area contributed by atoms with Crippen LogP contribution in [0, 0.1) is 5.82 Å². The van der Waals surface area contributed by atoms with Gasteiger partial charge in [0.1, 0.15) is 5.82 Å². The zero-order valence-corrected chi connectivity index (χ0v) is 8.88. The molecule has 6 heteroatoms. The molecule has 5 nitrogen and oxygen atoms in total. The standard InChI is InChI=1S/C11H9FN4O/c12-9-1-2-10-8(7-9)3-6-15(10)11(17)16-13-4-5-14-16/h1-2,4-5,7H,3,6H2. The van der Waals surface area contributed by atoms with E-state index >= 15 is 0 Å². The zero-order chi connectivity index (χ0) is 11.8. The summed E-state index contributed by atoms with van der Waals surface area (Å²) < 4.78 is 13.0. The maximum absolute atomic E-state index is 13.0. The fourth-order valence-corrected chi connectivity index (χ4v) is 1.99. The third-order valence-corrected chi connectivity index (χ3v) is 2.76. The van der Waals surface area contributed by atoms with Crippen molar-refractivity contribution in [2.45, 2.75) is 6.42 Å². The van der Waals surface area contributed by atoms with Crippen molar-refractivity contribution in [3.05, 3.63) is 42.0 Å². The molecule has 0 saturated heterocycles. The number of anilines is 1. The van der Waals surface area contributed by atoms with Crippen molar-refractivity contribution in [2.75, 3.05) is 11.4 Å². The number of aromatic nitrogens is 3. The van der Waals surface area contributed by atoms with Crippen molar-refractivity contribution in [1.29, 1.82) is 0 Å². The molecular formula is C11H9FN4O. The molecule has 17 heavy (non-hydrogen) atoms. The van der Waals surface area contributed by atoms with Crippen molar-refractivity contribution in [3.63, 3.8) is 0 Å². The van der Waals surface area contributed by atoms with Gasteiger partial charge in [-0.15, -0.1) is 0 Å². The smallest absolute Gasteiger partial charge is 0.291 e. The van der Waals surface area contributed by atoms with Gasteiger partial charge in [0.05, 0.1) is 12.4 Å². The van der Waals surface area contributed by atoms with Crippen molar-refractivity contribution in [1.82, 2.24) is 15.0 Å². The minimum absolute atomic E-state index is 0.282. The summed E-state index contributed by atoms with van der Waals surface area (Å²) in [5, 5.41) is 7.58. The molecule has 1 aliphatic rings. The van der Waals surface area contributed by atoms with E-state index in [4.69, 9.17) is 0 Å². The second-order valence-electron chi connectivity index (χ2n) is 3.78. The molecule has 1 aromatic carbocycles. The van der Waals surface area contributed by atoms with E-state index in [1.165, 1.54) is 24.5 Å². The Kier molecular flexibility index (Phi) is 2.14. The first-order valence-corrected chi connectivity index (χ1v) is 5.22. The summed E-state index contributed by atoms with van der Waals surface area (Å²) in [6.07, 6.45) is 3.54. The number of halogens is 1. The van der Waals surface area contributed by atoms with Crippen LogP contribution in [0.3, 0.4) is 0 Å². The van der Waals surface area contributed by atoms with E-state index in [9.17, 15) is 9.18 Å². The molecule has 86 valence electrons. The number of hydrogen-bond acceptors (Lipinski definition) is 3. The van der Waals surface area contributed by atoms with E-state index in [1.54, 1.807) is 11.0 Å². The second-order valence-corrected chi connectivity index (χ2v) is 3.78. The predicted octanol–water partition coefficient (Wildman–Crippen LogP) is 1.45. The van der Waals surface area contributed by atoms with Gasteiger partial charge < -0.3 is 0 Å². The van der Waals surface area contributed by atoms with Crippen LogP contribution < -0.4 is 4.90 Å². The Morgan fingerprint density at radius 1 is 1.29 bits per heavy atom. The minimum Gasteiger partial charge on any atom is -0.291 e. The highest BCUT2D eigenvalue weighted by Crippen LogP contribution is 2.28. The van der Waals surface area contributed by atoms with Gasteiger partial charge in [0.25, 0.3) is 0 Å². The van der Waals surface area contributed by atoms with E-state index in [2.05, 4.69) is 10.2 Å². The topological polar surface area (TPSA) is 51.0 Å². The molecule has 0 atom stereocenters. The maximum Gasteiger partial charge on any atom is 0.366 e. The van der Waals surface area contributed by atoms with Crippen LogP contribution in [-0.2, 0) is 6.42 Å². The highest BCUT2D eigenvalue weighted by molar-refractivity contribution is 5.94. The summed E-state index contributed by atoms with van der Waals surface area (Å²) >= 11 is 0. The molecule has 1 aromatic heterocycles. The summed E-state index contributed by atoms with van der Waals surface area (Å²) in [6, 6.07) is 4.10. The molecule has 0 fully saturated rings. The molecule has 0 N–H and O–H groups in total. The summed E-state index contributed by atoms with van der Waals surface area (Å²) in [5.74, 6) is -0.282. The molecule has 2 heterocycles. The minimum atomic E-state index is -0.319. The molecule has 3 rings (SSSR count). The Balaban J connectivity index is 1.96. The van der Waals surface area contributed by atoms with Gasteiger partial charge in [-0.05, 0) is 30.2 Å². The Bertz CT molecular complexity index is 567. The molecular weight excluding hydrogens is 223 g/mol. The monoisotopic (exact) mass is 232 g/mol. The van der Waals surface area contributed by atoms with E-state index in [0.717, 1.165) is 16.0 Å². The number of hydrogen-bond donors (Lipinski definition) is 0. The Hall–Kier alpha value is -2.24. The predicted molar refractivity (Wildman–Crippen MR) is 58.3 cm³/mol. The lowest BCUT2D eigenvalue weighted by Gasteiger charge is -2.15. The normalized spacial score (nSPS) is 13.8. The number of rotatable bonds is 0. The summed E-state index contributed by atoms with van der Waals surface area (Å²) in [5.41, 5.74) is 1.57. The van der Waals surface area contributed by atoms with E-state index in [-0.39, 0.29) is 11.8 Å². The van der Waals surface area contributed by atoms with E-state index < -0.39 is 0 Å². The fraction of sp³-hybridized carbons (Fsp3) is 0.182. The highest BCUT2D eigenvalue weighted by atomic mass is 19.1. The van der Waals surface area contributed by atoms with Crippen LogP contribution >= 0.6 is 0 Å². The molecule has 0 aliphatic carbocycles. The summed E-state index contributed by atoms with van der Waals surface area (Å²) in [4.78, 5) is 14.6. The lowest BCUT2D eigenvalue weighted by molar-refractivity contribution is 0.242. The third kappa shape index (κ3) is 1.57. The molecule has 2 aromatic rings. The van der Waals surface area contributed by atoms with Gasteiger partial charge in [0.15, 0.2) is 0 Å². The molecule has 1 aliphatic heterocycles. The van der Waals surface area contributed by atoms with Gasteiger partial charge in [0, 0.05) is 12.2 Å². The van der Waals surface area contributed by atoms with Gasteiger partial charge >= 0.3 is 6.03 Å². The fourth-order valence-electron chi connectivity index (χ4n) is 1.99. The van der Waals surface area contributed by atoms with E-state index in [0.29, 0.717) is 13.0 Å². The molecule has 0 unspecified atom stereocenters. The van der Waals surface area contributed by atoms with Crippen LogP contribution in [0.25, 0.3) is 0 Å². The first-order valence-electron chi connectivity index (χ1n) is 5.22. The average molecular weight is 232 g/mol. The van der Waals surface area contributed by atoms with Crippen LogP contribution in [0.15, 0.2) is 30.6 Å². The highest BCUT2D eigenvalue weighted by Gasteiger charge is 2.26. The largest absolute Gasteiger partial charge is 0.366 e. The van der Waals surface area contributed by atoms with Crippen LogP contribution in [0.1, 0.15) is 5.56 Å². The Labute approximate surface area is 96.5 Å². The van der Waals surface area contributed by atoms with Gasteiger partial charge in [-0.1, -0.05) is 4.80 Å². The molecule has 0 bridgehead atoms. The van der Waals surface area contributed by atoms with Crippen LogP contribution in [0.5, 0.6) is 0 Å². The molecule has 0 saturated carbocycles. The Morgan fingerprint density at radius 2 is 2.06 bits per heavy atom. The molecule has 0 radical (unpaired) electrons. The van der Waals surface area contributed by atoms with Crippen LogP contribution in [0.4, 0.5) is 14.9 Å². The maximum atomic E-state index is 13.0. The van der Waals surface area contributed by atoms with Gasteiger partial charge in [-0.2, -0.15) is 10.2 Å². The SMILES string of the molecule is O=C(N1CCc2cc(F)ccc21)n1nccn1.